The maximum atomic E-state index is 6.23. The van der Waals surface area contributed by atoms with Gasteiger partial charge < -0.3 is 10.6 Å². The zero-order valence-electron chi connectivity index (χ0n) is 14.7. The predicted octanol–water partition coefficient (Wildman–Crippen LogP) is 6.00. The molecule has 130 valence electrons. The normalized spacial score (nSPS) is 11.3. The third-order valence-corrected chi connectivity index (χ3v) is 4.25. The first kappa shape index (κ1) is 19.0. The van der Waals surface area contributed by atoms with Crippen LogP contribution in [0, 0.1) is 5.92 Å². The molecule has 0 unspecified atom stereocenters. The molecule has 0 radical (unpaired) electrons. The van der Waals surface area contributed by atoms with Gasteiger partial charge in [0.25, 0.3) is 0 Å². The summed E-state index contributed by atoms with van der Waals surface area (Å²) in [6.45, 7) is 10.6. The average molecular weight is 366 g/mol. The third-order valence-electron chi connectivity index (χ3n) is 3.71. The molecule has 0 aliphatic heterocycles. The Morgan fingerprint density at radius 1 is 1.08 bits per heavy atom. The first-order valence-electron chi connectivity index (χ1n) is 8.28. The van der Waals surface area contributed by atoms with E-state index >= 15 is 0 Å². The van der Waals surface area contributed by atoms with Crippen molar-refractivity contribution in [3.05, 3.63) is 51.6 Å². The number of anilines is 2. The van der Waals surface area contributed by atoms with Crippen molar-refractivity contribution in [2.75, 3.05) is 11.9 Å². The van der Waals surface area contributed by atoms with Crippen LogP contribution in [0.3, 0.4) is 0 Å². The van der Waals surface area contributed by atoms with Crippen molar-refractivity contribution in [3.63, 3.8) is 0 Å². The molecule has 2 aromatic rings. The van der Waals surface area contributed by atoms with E-state index < -0.39 is 0 Å². The first-order valence-corrected chi connectivity index (χ1v) is 9.04. The van der Waals surface area contributed by atoms with E-state index in [9.17, 15) is 0 Å². The number of rotatable bonds is 7. The molecule has 0 saturated carbocycles. The fourth-order valence-corrected chi connectivity index (χ4v) is 2.93. The van der Waals surface area contributed by atoms with Crippen LogP contribution in [0.2, 0.25) is 10.0 Å². The smallest absolute Gasteiger partial charge is 0.130 e. The summed E-state index contributed by atoms with van der Waals surface area (Å²) in [6.07, 6.45) is 1.94. The molecule has 0 bridgehead atoms. The van der Waals surface area contributed by atoms with Gasteiger partial charge in [-0.15, -0.1) is 0 Å². The van der Waals surface area contributed by atoms with E-state index in [1.807, 2.05) is 18.3 Å². The number of halogens is 2. The lowest BCUT2D eigenvalue weighted by Gasteiger charge is -2.16. The van der Waals surface area contributed by atoms with Gasteiger partial charge in [0.05, 0.1) is 10.7 Å². The third kappa shape index (κ3) is 5.37. The lowest BCUT2D eigenvalue weighted by Crippen LogP contribution is -2.20. The summed E-state index contributed by atoms with van der Waals surface area (Å²) in [4.78, 5) is 4.54. The summed E-state index contributed by atoms with van der Waals surface area (Å²) < 4.78 is 0. The van der Waals surface area contributed by atoms with Crippen LogP contribution in [-0.4, -0.2) is 11.5 Å². The monoisotopic (exact) mass is 365 g/mol. The number of hydrogen-bond acceptors (Lipinski definition) is 3. The minimum atomic E-state index is 0.421. The van der Waals surface area contributed by atoms with E-state index in [4.69, 9.17) is 23.2 Å². The van der Waals surface area contributed by atoms with Crippen molar-refractivity contribution in [1.82, 2.24) is 10.3 Å². The molecule has 0 fully saturated rings. The van der Waals surface area contributed by atoms with Crippen molar-refractivity contribution in [2.24, 2.45) is 5.92 Å². The summed E-state index contributed by atoms with van der Waals surface area (Å²) in [6, 6.07) is 7.49. The SMILES string of the molecule is CC(C)CNCc1cnc(Nc2ccc(Cl)cc2Cl)cc1C(C)C. The minimum absolute atomic E-state index is 0.421. The highest BCUT2D eigenvalue weighted by atomic mass is 35.5. The Labute approximate surface area is 154 Å². The van der Waals surface area contributed by atoms with Crippen LogP contribution in [0.5, 0.6) is 0 Å². The van der Waals surface area contributed by atoms with Gasteiger partial charge in [0, 0.05) is 17.8 Å². The average Bonchev–Trinajstić information content (AvgIpc) is 2.50. The standard InChI is InChI=1S/C19H25Cl2N3/c1-12(2)9-22-10-14-11-23-19(8-16(14)13(3)4)24-18-6-5-15(20)7-17(18)21/h5-8,11-13,22H,9-10H2,1-4H3,(H,23,24). The number of hydrogen-bond donors (Lipinski definition) is 2. The van der Waals surface area contributed by atoms with Crippen molar-refractivity contribution in [1.29, 1.82) is 0 Å². The van der Waals surface area contributed by atoms with Gasteiger partial charge in [0.1, 0.15) is 5.82 Å². The number of benzene rings is 1. The lowest BCUT2D eigenvalue weighted by molar-refractivity contribution is 0.549. The largest absolute Gasteiger partial charge is 0.339 e. The van der Waals surface area contributed by atoms with Crippen LogP contribution in [0.25, 0.3) is 0 Å². The molecule has 1 heterocycles. The van der Waals surface area contributed by atoms with Gasteiger partial charge in [-0.25, -0.2) is 4.98 Å². The van der Waals surface area contributed by atoms with E-state index in [2.05, 4.69) is 49.4 Å². The second kappa shape index (κ2) is 8.70. The van der Waals surface area contributed by atoms with Gasteiger partial charge in [0.2, 0.25) is 0 Å². The topological polar surface area (TPSA) is 37.0 Å². The molecule has 1 aromatic carbocycles. The van der Waals surface area contributed by atoms with E-state index in [-0.39, 0.29) is 0 Å². The maximum absolute atomic E-state index is 6.23. The van der Waals surface area contributed by atoms with Gasteiger partial charge >= 0.3 is 0 Å². The Balaban J connectivity index is 2.18. The van der Waals surface area contributed by atoms with E-state index in [1.54, 1.807) is 6.07 Å². The van der Waals surface area contributed by atoms with Gasteiger partial charge in [-0.2, -0.15) is 0 Å². The Kier molecular flexibility index (Phi) is 6.90. The van der Waals surface area contributed by atoms with E-state index in [0.29, 0.717) is 21.9 Å². The van der Waals surface area contributed by atoms with Crippen LogP contribution in [0.15, 0.2) is 30.5 Å². The van der Waals surface area contributed by atoms with Crippen LogP contribution in [0.1, 0.15) is 44.7 Å². The molecule has 2 N–H and O–H groups in total. The first-order chi connectivity index (χ1) is 11.4. The zero-order valence-corrected chi connectivity index (χ0v) is 16.2. The number of aromatic nitrogens is 1. The summed E-state index contributed by atoms with van der Waals surface area (Å²) in [7, 11) is 0. The van der Waals surface area contributed by atoms with Crippen molar-refractivity contribution in [2.45, 2.75) is 40.2 Å². The summed E-state index contributed by atoms with van der Waals surface area (Å²) >= 11 is 12.2. The van der Waals surface area contributed by atoms with Gasteiger partial charge in [0.15, 0.2) is 0 Å². The highest BCUT2D eigenvalue weighted by molar-refractivity contribution is 6.36. The van der Waals surface area contributed by atoms with Crippen LogP contribution < -0.4 is 10.6 Å². The molecular weight excluding hydrogens is 341 g/mol. The molecule has 1 aromatic heterocycles. The molecular formula is C19H25Cl2N3. The molecule has 3 nitrogen and oxygen atoms in total. The Hall–Kier alpha value is -1.29. The van der Waals surface area contributed by atoms with Gasteiger partial charge in [-0.3, -0.25) is 0 Å². The molecule has 0 saturated heterocycles. The second-order valence-corrected chi connectivity index (χ2v) is 7.54. The minimum Gasteiger partial charge on any atom is -0.339 e. The molecule has 2 rings (SSSR count). The molecule has 0 amide bonds. The Morgan fingerprint density at radius 3 is 2.46 bits per heavy atom. The summed E-state index contributed by atoms with van der Waals surface area (Å²) in [5.74, 6) is 1.84. The molecule has 0 aliphatic rings. The summed E-state index contributed by atoms with van der Waals surface area (Å²) in [5.41, 5.74) is 3.32. The van der Waals surface area contributed by atoms with Crippen molar-refractivity contribution < 1.29 is 0 Å². The van der Waals surface area contributed by atoms with E-state index in [1.165, 1.54) is 11.1 Å². The Bertz CT molecular complexity index is 684. The number of pyridine rings is 1. The molecule has 24 heavy (non-hydrogen) atoms. The van der Waals surface area contributed by atoms with Crippen molar-refractivity contribution in [3.8, 4) is 0 Å². The predicted molar refractivity (Wildman–Crippen MR) is 105 cm³/mol. The molecule has 0 spiro atoms. The number of nitrogens with one attached hydrogen (secondary N) is 2. The second-order valence-electron chi connectivity index (χ2n) is 6.70. The van der Waals surface area contributed by atoms with Crippen LogP contribution in [0.4, 0.5) is 11.5 Å². The van der Waals surface area contributed by atoms with Crippen molar-refractivity contribution >= 4 is 34.7 Å². The van der Waals surface area contributed by atoms with Gasteiger partial charge in [-0.1, -0.05) is 50.9 Å². The molecule has 0 atom stereocenters. The van der Waals surface area contributed by atoms with Crippen LogP contribution in [-0.2, 0) is 6.54 Å². The van der Waals surface area contributed by atoms with Crippen LogP contribution >= 0.6 is 23.2 Å². The molecule has 5 heteroatoms. The lowest BCUT2D eigenvalue weighted by atomic mass is 9.98. The number of nitrogens with zero attached hydrogens (tertiary/aromatic N) is 1. The van der Waals surface area contributed by atoms with Gasteiger partial charge in [-0.05, 0) is 53.8 Å². The fraction of sp³-hybridized carbons (Fsp3) is 0.421. The highest BCUT2D eigenvalue weighted by Gasteiger charge is 2.10. The van der Waals surface area contributed by atoms with E-state index in [0.717, 1.165) is 24.6 Å². The molecule has 0 aliphatic carbocycles. The highest BCUT2D eigenvalue weighted by Crippen LogP contribution is 2.29. The fourth-order valence-electron chi connectivity index (χ4n) is 2.48. The maximum Gasteiger partial charge on any atom is 0.130 e. The zero-order chi connectivity index (χ0) is 17.7. The quantitative estimate of drug-likeness (QED) is 0.631. The summed E-state index contributed by atoms with van der Waals surface area (Å²) in [5, 5.41) is 7.96. The Morgan fingerprint density at radius 2 is 1.83 bits per heavy atom.